The predicted octanol–water partition coefficient (Wildman–Crippen LogP) is 3.31. The van der Waals surface area contributed by atoms with Gasteiger partial charge < -0.3 is 15.5 Å². The first-order valence-corrected chi connectivity index (χ1v) is 8.61. The topological polar surface area (TPSA) is 53.1 Å². The third-order valence-corrected chi connectivity index (χ3v) is 4.08. The van der Waals surface area contributed by atoms with Gasteiger partial charge in [0.1, 0.15) is 11.0 Å². The Hall–Kier alpha value is -1.14. The summed E-state index contributed by atoms with van der Waals surface area (Å²) in [6.07, 6.45) is 2.26. The minimum atomic E-state index is 0.427. The van der Waals surface area contributed by atoms with E-state index in [1.807, 2.05) is 6.07 Å². The minimum absolute atomic E-state index is 0.427. The Morgan fingerprint density at radius 3 is 2.68 bits per heavy atom. The largest absolute Gasteiger partial charge is 0.362 e. The van der Waals surface area contributed by atoms with E-state index in [9.17, 15) is 0 Å². The van der Waals surface area contributed by atoms with Crippen LogP contribution in [0.5, 0.6) is 0 Å². The number of hydrogen-bond donors (Lipinski definition) is 2. The van der Waals surface area contributed by atoms with E-state index < -0.39 is 0 Å². The Morgan fingerprint density at radius 2 is 2.05 bits per heavy atom. The van der Waals surface area contributed by atoms with Crippen molar-refractivity contribution >= 4 is 40.7 Å². The van der Waals surface area contributed by atoms with Crippen molar-refractivity contribution in [3.05, 3.63) is 11.2 Å². The van der Waals surface area contributed by atoms with E-state index in [-0.39, 0.29) is 0 Å². The molecular weight excluding hydrogens is 318 g/mol. The first-order valence-electron chi connectivity index (χ1n) is 7.82. The summed E-state index contributed by atoms with van der Waals surface area (Å²) >= 11 is 11.4. The van der Waals surface area contributed by atoms with E-state index in [0.29, 0.717) is 28.0 Å². The van der Waals surface area contributed by atoms with E-state index in [2.05, 4.69) is 46.3 Å². The van der Waals surface area contributed by atoms with Gasteiger partial charge in [0.25, 0.3) is 0 Å². The fraction of sp³-hybridized carbons (Fsp3) is 0.667. The molecule has 0 aromatic carbocycles. The molecule has 1 saturated heterocycles. The fourth-order valence-electron chi connectivity index (χ4n) is 2.86. The van der Waals surface area contributed by atoms with Gasteiger partial charge in [0.05, 0.1) is 0 Å². The number of anilines is 2. The predicted molar refractivity (Wildman–Crippen MR) is 96.7 cm³/mol. The van der Waals surface area contributed by atoms with Gasteiger partial charge in [0.2, 0.25) is 5.95 Å². The molecule has 2 N–H and O–H groups in total. The van der Waals surface area contributed by atoms with Gasteiger partial charge in [-0.1, -0.05) is 32.4 Å². The molecule has 2 atom stereocenters. The van der Waals surface area contributed by atoms with Crippen LogP contribution in [0.25, 0.3) is 0 Å². The Kier molecular flexibility index (Phi) is 6.20. The number of piperidine rings is 1. The normalized spacial score (nSPS) is 21.5. The maximum Gasteiger partial charge on any atom is 0.232 e. The monoisotopic (exact) mass is 341 g/mol. The second kappa shape index (κ2) is 7.92. The lowest BCUT2D eigenvalue weighted by Gasteiger charge is -2.35. The van der Waals surface area contributed by atoms with E-state index in [1.165, 1.54) is 6.42 Å². The molecule has 0 aliphatic carbocycles. The molecule has 22 heavy (non-hydrogen) atoms. The fourth-order valence-corrected chi connectivity index (χ4v) is 3.23. The maximum absolute atomic E-state index is 6.15. The average molecular weight is 342 g/mol. The van der Waals surface area contributed by atoms with Crippen LogP contribution < -0.4 is 15.5 Å². The molecule has 1 fully saturated rings. The van der Waals surface area contributed by atoms with Crippen LogP contribution in [-0.4, -0.2) is 34.7 Å². The number of hydrogen-bond acceptors (Lipinski definition) is 4. The SMILES string of the molecule is CCCNC(=S)Nc1nc(Cl)cc(N2C[C@@H](C)C[C@H](C)C2)n1. The van der Waals surface area contributed by atoms with Gasteiger partial charge in [0.15, 0.2) is 5.11 Å². The highest BCUT2D eigenvalue weighted by Crippen LogP contribution is 2.26. The summed E-state index contributed by atoms with van der Waals surface area (Å²) in [4.78, 5) is 11.0. The summed E-state index contributed by atoms with van der Waals surface area (Å²) in [6, 6.07) is 1.82. The Bertz CT molecular complexity index is 515. The summed E-state index contributed by atoms with van der Waals surface area (Å²) in [5, 5.41) is 7.05. The highest BCUT2D eigenvalue weighted by atomic mass is 35.5. The van der Waals surface area contributed by atoms with Crippen LogP contribution in [0.15, 0.2) is 6.07 Å². The average Bonchev–Trinajstić information content (AvgIpc) is 2.43. The van der Waals surface area contributed by atoms with Crippen LogP contribution in [0, 0.1) is 11.8 Å². The maximum atomic E-state index is 6.15. The zero-order chi connectivity index (χ0) is 16.1. The summed E-state index contributed by atoms with van der Waals surface area (Å²) in [5.41, 5.74) is 0. The Morgan fingerprint density at radius 1 is 1.36 bits per heavy atom. The van der Waals surface area contributed by atoms with Crippen molar-refractivity contribution in [3.63, 3.8) is 0 Å². The molecule has 0 spiro atoms. The number of rotatable bonds is 4. The smallest absolute Gasteiger partial charge is 0.232 e. The van der Waals surface area contributed by atoms with Crippen molar-refractivity contribution in [2.45, 2.75) is 33.6 Å². The first kappa shape index (κ1) is 17.2. The van der Waals surface area contributed by atoms with Crippen molar-refractivity contribution in [2.24, 2.45) is 11.8 Å². The molecule has 2 heterocycles. The van der Waals surface area contributed by atoms with Gasteiger partial charge >= 0.3 is 0 Å². The van der Waals surface area contributed by atoms with Gasteiger partial charge in [-0.15, -0.1) is 0 Å². The quantitative estimate of drug-likeness (QED) is 0.647. The minimum Gasteiger partial charge on any atom is -0.362 e. The molecule has 0 unspecified atom stereocenters. The van der Waals surface area contributed by atoms with Crippen LogP contribution >= 0.6 is 23.8 Å². The highest BCUT2D eigenvalue weighted by Gasteiger charge is 2.23. The molecule has 0 radical (unpaired) electrons. The molecule has 0 saturated carbocycles. The van der Waals surface area contributed by atoms with Crippen LogP contribution in [0.1, 0.15) is 33.6 Å². The second-order valence-corrected chi connectivity index (χ2v) is 6.90. The highest BCUT2D eigenvalue weighted by molar-refractivity contribution is 7.80. The molecule has 1 aromatic rings. The standard InChI is InChI=1S/C15H24ClN5S/c1-4-5-17-15(22)20-14-18-12(16)7-13(19-14)21-8-10(2)6-11(3)9-21/h7,10-11H,4-6,8-9H2,1-3H3,(H2,17,18,19,20,22)/t10-,11-/m0/s1. The summed E-state index contributed by atoms with van der Waals surface area (Å²) < 4.78 is 0. The van der Waals surface area contributed by atoms with Crippen molar-refractivity contribution < 1.29 is 0 Å². The molecule has 0 amide bonds. The van der Waals surface area contributed by atoms with E-state index in [4.69, 9.17) is 23.8 Å². The lowest BCUT2D eigenvalue weighted by Crippen LogP contribution is -2.39. The zero-order valence-corrected chi connectivity index (χ0v) is 15.0. The van der Waals surface area contributed by atoms with Crippen LogP contribution in [-0.2, 0) is 0 Å². The molecule has 1 aromatic heterocycles. The van der Waals surface area contributed by atoms with Gasteiger partial charge in [-0.05, 0) is 36.9 Å². The Labute approximate surface area is 142 Å². The number of aromatic nitrogens is 2. The van der Waals surface area contributed by atoms with Crippen molar-refractivity contribution in [1.29, 1.82) is 0 Å². The lowest BCUT2D eigenvalue weighted by atomic mass is 9.92. The molecule has 122 valence electrons. The third-order valence-electron chi connectivity index (χ3n) is 3.64. The first-order chi connectivity index (χ1) is 10.5. The van der Waals surface area contributed by atoms with Crippen molar-refractivity contribution in [2.75, 3.05) is 29.9 Å². The van der Waals surface area contributed by atoms with Crippen LogP contribution in [0.2, 0.25) is 5.15 Å². The van der Waals surface area contributed by atoms with Crippen LogP contribution in [0.3, 0.4) is 0 Å². The van der Waals surface area contributed by atoms with E-state index in [0.717, 1.165) is 31.9 Å². The van der Waals surface area contributed by atoms with Gasteiger partial charge in [-0.25, -0.2) is 4.98 Å². The van der Waals surface area contributed by atoms with E-state index >= 15 is 0 Å². The molecule has 0 bridgehead atoms. The number of nitrogens with one attached hydrogen (secondary N) is 2. The molecule has 1 aliphatic heterocycles. The van der Waals surface area contributed by atoms with Gasteiger partial charge in [0, 0.05) is 25.7 Å². The van der Waals surface area contributed by atoms with Crippen molar-refractivity contribution in [3.8, 4) is 0 Å². The molecular formula is C15H24ClN5S. The molecule has 2 rings (SSSR count). The van der Waals surface area contributed by atoms with E-state index in [1.54, 1.807) is 0 Å². The summed E-state index contributed by atoms with van der Waals surface area (Å²) in [7, 11) is 0. The molecule has 5 nitrogen and oxygen atoms in total. The third kappa shape index (κ3) is 4.95. The number of thiocarbonyl (C=S) groups is 1. The molecule has 7 heteroatoms. The molecule has 1 aliphatic rings. The van der Waals surface area contributed by atoms with Crippen LogP contribution in [0.4, 0.5) is 11.8 Å². The second-order valence-electron chi connectivity index (χ2n) is 6.10. The zero-order valence-electron chi connectivity index (χ0n) is 13.4. The lowest BCUT2D eigenvalue weighted by molar-refractivity contribution is 0.355. The van der Waals surface area contributed by atoms with Crippen molar-refractivity contribution in [1.82, 2.24) is 15.3 Å². The number of nitrogens with zero attached hydrogens (tertiary/aromatic N) is 3. The number of halogens is 1. The summed E-state index contributed by atoms with van der Waals surface area (Å²) in [5.74, 6) is 2.61. The Balaban J connectivity index is 2.10. The summed E-state index contributed by atoms with van der Waals surface area (Å²) in [6.45, 7) is 9.44. The van der Waals surface area contributed by atoms with Gasteiger partial charge in [-0.2, -0.15) is 4.98 Å². The van der Waals surface area contributed by atoms with Gasteiger partial charge in [-0.3, -0.25) is 0 Å².